The van der Waals surface area contributed by atoms with Crippen molar-refractivity contribution < 1.29 is 22.4 Å². The van der Waals surface area contributed by atoms with Crippen molar-refractivity contribution in [1.29, 1.82) is 0 Å². The van der Waals surface area contributed by atoms with E-state index >= 15 is 0 Å². The van der Waals surface area contributed by atoms with Crippen LogP contribution in [-0.4, -0.2) is 43.8 Å². The van der Waals surface area contributed by atoms with Gasteiger partial charge >= 0.3 is 0 Å². The van der Waals surface area contributed by atoms with Gasteiger partial charge in [0, 0.05) is 24.0 Å². The number of halogens is 2. The van der Waals surface area contributed by atoms with Crippen LogP contribution in [0.3, 0.4) is 0 Å². The number of benzene rings is 4. The third kappa shape index (κ3) is 8.45. The van der Waals surface area contributed by atoms with Crippen LogP contribution in [0.4, 0.5) is 10.1 Å². The molecule has 0 aliphatic rings. The zero-order chi connectivity index (χ0) is 31.7. The number of rotatable bonds is 13. The normalized spacial score (nSPS) is 12.6. The SMILES string of the molecule is CC[C@@H](C)NC(=O)[C@H](Cc1ccccc1)N(Cc1ccc(Cl)cc1)C(=O)CN(c1ccc(F)cc1)S(=O)(=O)c1ccccc1. The molecule has 4 aromatic carbocycles. The van der Waals surface area contributed by atoms with Gasteiger partial charge in [-0.25, -0.2) is 12.8 Å². The number of nitrogens with one attached hydrogen (secondary N) is 1. The first-order valence-corrected chi connectivity index (χ1v) is 16.1. The lowest BCUT2D eigenvalue weighted by atomic mass is 10.0. The maximum absolute atomic E-state index is 14.4. The second kappa shape index (κ2) is 15.0. The molecule has 4 rings (SSSR count). The number of hydrogen-bond acceptors (Lipinski definition) is 4. The Morgan fingerprint density at radius 1 is 0.841 bits per heavy atom. The number of nitrogens with zero attached hydrogens (tertiary/aromatic N) is 2. The lowest BCUT2D eigenvalue weighted by Gasteiger charge is -2.34. The summed E-state index contributed by atoms with van der Waals surface area (Å²) in [4.78, 5) is 29.6. The van der Waals surface area contributed by atoms with Gasteiger partial charge in [-0.15, -0.1) is 0 Å². The van der Waals surface area contributed by atoms with Crippen LogP contribution < -0.4 is 9.62 Å². The standard InChI is InChI=1S/C34H35ClFN3O4S/c1-3-25(2)37-34(41)32(22-26-10-6-4-7-11-26)38(23-27-14-16-28(35)17-15-27)33(40)24-39(30-20-18-29(36)19-21-30)44(42,43)31-12-8-5-9-13-31/h4-21,25,32H,3,22-24H2,1-2H3,(H,37,41)/t25-,32+/m1/s1. The van der Waals surface area contributed by atoms with Crippen LogP contribution in [0.15, 0.2) is 114 Å². The summed E-state index contributed by atoms with van der Waals surface area (Å²) in [5, 5.41) is 3.51. The van der Waals surface area contributed by atoms with Gasteiger partial charge in [0.2, 0.25) is 11.8 Å². The highest BCUT2D eigenvalue weighted by Crippen LogP contribution is 2.25. The Hall–Kier alpha value is -4.21. The smallest absolute Gasteiger partial charge is 0.264 e. The van der Waals surface area contributed by atoms with Gasteiger partial charge < -0.3 is 10.2 Å². The van der Waals surface area contributed by atoms with E-state index in [-0.39, 0.29) is 35.5 Å². The highest BCUT2D eigenvalue weighted by atomic mass is 35.5. The molecule has 7 nitrogen and oxygen atoms in total. The molecule has 0 spiro atoms. The van der Waals surface area contributed by atoms with Crippen LogP contribution >= 0.6 is 11.6 Å². The van der Waals surface area contributed by atoms with Crippen molar-refractivity contribution in [2.24, 2.45) is 0 Å². The molecule has 0 fully saturated rings. The van der Waals surface area contributed by atoms with E-state index in [1.807, 2.05) is 44.2 Å². The van der Waals surface area contributed by atoms with Crippen LogP contribution in [0.25, 0.3) is 0 Å². The van der Waals surface area contributed by atoms with Gasteiger partial charge in [-0.05, 0) is 73.0 Å². The molecule has 0 aliphatic carbocycles. The van der Waals surface area contributed by atoms with E-state index in [0.717, 1.165) is 22.0 Å². The van der Waals surface area contributed by atoms with E-state index in [0.29, 0.717) is 17.0 Å². The number of carbonyl (C=O) groups is 2. The van der Waals surface area contributed by atoms with Crippen molar-refractivity contribution in [1.82, 2.24) is 10.2 Å². The summed E-state index contributed by atoms with van der Waals surface area (Å²) in [6.07, 6.45) is 0.882. The van der Waals surface area contributed by atoms with Crippen LogP contribution in [0.5, 0.6) is 0 Å². The highest BCUT2D eigenvalue weighted by molar-refractivity contribution is 7.92. The van der Waals surface area contributed by atoms with Crippen molar-refractivity contribution >= 4 is 39.1 Å². The van der Waals surface area contributed by atoms with E-state index in [1.54, 1.807) is 42.5 Å². The molecule has 0 saturated carbocycles. The van der Waals surface area contributed by atoms with Crippen molar-refractivity contribution in [2.45, 2.75) is 50.2 Å². The Morgan fingerprint density at radius 3 is 2.02 bits per heavy atom. The molecule has 0 saturated heterocycles. The second-order valence-electron chi connectivity index (χ2n) is 10.5. The molecule has 2 amide bonds. The molecule has 44 heavy (non-hydrogen) atoms. The molecular weight excluding hydrogens is 601 g/mol. The summed E-state index contributed by atoms with van der Waals surface area (Å²) in [5.74, 6) is -1.51. The summed E-state index contributed by atoms with van der Waals surface area (Å²) in [6, 6.07) is 27.7. The van der Waals surface area contributed by atoms with Gasteiger partial charge in [-0.1, -0.05) is 79.2 Å². The van der Waals surface area contributed by atoms with Gasteiger partial charge in [0.15, 0.2) is 0 Å². The molecule has 1 N–H and O–H groups in total. The summed E-state index contributed by atoms with van der Waals surface area (Å²) in [6.45, 7) is 3.22. The zero-order valence-corrected chi connectivity index (χ0v) is 26.1. The molecule has 0 aromatic heterocycles. The maximum Gasteiger partial charge on any atom is 0.264 e. The van der Waals surface area contributed by atoms with Gasteiger partial charge in [-0.2, -0.15) is 0 Å². The minimum absolute atomic E-state index is 0.0179. The Labute approximate surface area is 263 Å². The quantitative estimate of drug-likeness (QED) is 0.189. The molecule has 230 valence electrons. The lowest BCUT2D eigenvalue weighted by molar-refractivity contribution is -0.140. The Bertz CT molecular complexity index is 1640. The highest BCUT2D eigenvalue weighted by Gasteiger charge is 2.35. The molecule has 0 radical (unpaired) electrons. The Morgan fingerprint density at radius 2 is 1.43 bits per heavy atom. The minimum atomic E-state index is -4.26. The van der Waals surface area contributed by atoms with Crippen molar-refractivity contribution in [3.8, 4) is 0 Å². The van der Waals surface area contributed by atoms with E-state index in [2.05, 4.69) is 5.32 Å². The van der Waals surface area contributed by atoms with Gasteiger partial charge in [0.05, 0.1) is 10.6 Å². The lowest BCUT2D eigenvalue weighted by Crippen LogP contribution is -2.54. The van der Waals surface area contributed by atoms with Crippen molar-refractivity contribution in [3.05, 3.63) is 131 Å². The first-order chi connectivity index (χ1) is 21.1. The summed E-state index contributed by atoms with van der Waals surface area (Å²) >= 11 is 6.12. The van der Waals surface area contributed by atoms with Gasteiger partial charge in [0.25, 0.3) is 10.0 Å². The fraction of sp³-hybridized carbons (Fsp3) is 0.235. The van der Waals surface area contributed by atoms with E-state index < -0.39 is 34.3 Å². The molecule has 4 aromatic rings. The van der Waals surface area contributed by atoms with Gasteiger partial charge in [0.1, 0.15) is 18.4 Å². The third-order valence-corrected chi connectivity index (χ3v) is 9.30. The average Bonchev–Trinajstić information content (AvgIpc) is 3.03. The van der Waals surface area contributed by atoms with E-state index in [9.17, 15) is 22.4 Å². The summed E-state index contributed by atoms with van der Waals surface area (Å²) < 4.78 is 42.7. The first-order valence-electron chi connectivity index (χ1n) is 14.3. The zero-order valence-electron chi connectivity index (χ0n) is 24.6. The fourth-order valence-electron chi connectivity index (χ4n) is 4.64. The van der Waals surface area contributed by atoms with E-state index in [1.165, 1.54) is 29.2 Å². The molecule has 2 atom stereocenters. The molecule has 10 heteroatoms. The van der Waals surface area contributed by atoms with Crippen LogP contribution in [0, 0.1) is 5.82 Å². The molecule has 0 bridgehead atoms. The topological polar surface area (TPSA) is 86.8 Å². The molecule has 0 aliphatic heterocycles. The number of hydrogen-bond donors (Lipinski definition) is 1. The van der Waals surface area contributed by atoms with Crippen molar-refractivity contribution in [3.63, 3.8) is 0 Å². The fourth-order valence-corrected chi connectivity index (χ4v) is 6.20. The Kier molecular flexibility index (Phi) is 11.1. The minimum Gasteiger partial charge on any atom is -0.352 e. The molecular formula is C34H35ClFN3O4S. The summed E-state index contributed by atoms with van der Waals surface area (Å²) in [7, 11) is -4.26. The predicted molar refractivity (Wildman–Crippen MR) is 171 cm³/mol. The second-order valence-corrected chi connectivity index (χ2v) is 12.8. The predicted octanol–water partition coefficient (Wildman–Crippen LogP) is 6.23. The number of amides is 2. The monoisotopic (exact) mass is 635 g/mol. The summed E-state index contributed by atoms with van der Waals surface area (Å²) in [5.41, 5.74) is 1.65. The number of carbonyl (C=O) groups excluding carboxylic acids is 2. The number of sulfonamides is 1. The van der Waals surface area contributed by atoms with Crippen LogP contribution in [0.1, 0.15) is 31.4 Å². The Balaban J connectivity index is 1.79. The first kappa shape index (κ1) is 32.7. The third-order valence-electron chi connectivity index (χ3n) is 7.26. The molecule has 0 heterocycles. The van der Waals surface area contributed by atoms with Crippen molar-refractivity contribution in [2.75, 3.05) is 10.8 Å². The van der Waals surface area contributed by atoms with Gasteiger partial charge in [-0.3, -0.25) is 13.9 Å². The average molecular weight is 636 g/mol. The van der Waals surface area contributed by atoms with E-state index in [4.69, 9.17) is 11.6 Å². The largest absolute Gasteiger partial charge is 0.352 e. The maximum atomic E-state index is 14.4. The van der Waals surface area contributed by atoms with Crippen LogP contribution in [-0.2, 0) is 32.6 Å². The van der Waals surface area contributed by atoms with Crippen LogP contribution in [0.2, 0.25) is 5.02 Å². The molecule has 0 unspecified atom stereocenters. The number of anilines is 1.